The van der Waals surface area contributed by atoms with Gasteiger partial charge in [-0.05, 0) is 19.1 Å². The highest BCUT2D eigenvalue weighted by atomic mass is 35.5. The minimum absolute atomic E-state index is 0.0967. The van der Waals surface area contributed by atoms with Gasteiger partial charge in [0.05, 0.1) is 26.4 Å². The lowest BCUT2D eigenvalue weighted by molar-refractivity contribution is -0.123. The molecule has 2 rings (SSSR count). The Kier molecular flexibility index (Phi) is 6.84. The molecule has 1 aromatic carbocycles. The number of carbonyl (C=O) groups is 2. The average molecular weight is 395 g/mol. The number of nitrogens with one attached hydrogen (secondary N) is 1. The first-order chi connectivity index (χ1) is 12.9. The molecule has 0 aliphatic rings. The Morgan fingerprint density at radius 1 is 1.04 bits per heavy atom. The Morgan fingerprint density at radius 2 is 1.67 bits per heavy atom. The van der Waals surface area contributed by atoms with E-state index in [1.165, 1.54) is 52.6 Å². The van der Waals surface area contributed by atoms with Gasteiger partial charge in [0.2, 0.25) is 0 Å². The van der Waals surface area contributed by atoms with Crippen molar-refractivity contribution in [3.63, 3.8) is 0 Å². The van der Waals surface area contributed by atoms with Crippen molar-refractivity contribution in [2.24, 2.45) is 0 Å². The first-order valence-electron chi connectivity index (χ1n) is 7.83. The molecule has 27 heavy (non-hydrogen) atoms. The second-order valence-electron chi connectivity index (χ2n) is 5.31. The lowest BCUT2D eigenvalue weighted by atomic mass is 10.1. The van der Waals surface area contributed by atoms with E-state index in [4.69, 9.17) is 30.5 Å². The summed E-state index contributed by atoms with van der Waals surface area (Å²) < 4.78 is 20.8. The molecule has 0 saturated carbocycles. The van der Waals surface area contributed by atoms with Crippen LogP contribution in [0.5, 0.6) is 17.2 Å². The van der Waals surface area contributed by atoms with E-state index in [9.17, 15) is 9.59 Å². The van der Waals surface area contributed by atoms with Crippen molar-refractivity contribution < 1.29 is 28.5 Å². The Bertz CT molecular complexity index is 825. The van der Waals surface area contributed by atoms with Crippen molar-refractivity contribution >= 4 is 29.3 Å². The maximum absolute atomic E-state index is 12.5. The fourth-order valence-corrected chi connectivity index (χ4v) is 2.26. The van der Waals surface area contributed by atoms with Crippen molar-refractivity contribution in [2.45, 2.75) is 13.0 Å². The molecule has 1 atom stereocenters. The molecule has 0 fully saturated rings. The number of benzene rings is 1. The largest absolute Gasteiger partial charge is 0.496 e. The molecule has 0 radical (unpaired) electrons. The quantitative estimate of drug-likeness (QED) is 0.721. The van der Waals surface area contributed by atoms with Crippen LogP contribution in [0, 0.1) is 0 Å². The Morgan fingerprint density at radius 3 is 2.22 bits per heavy atom. The number of aromatic nitrogens is 1. The highest BCUT2D eigenvalue weighted by Crippen LogP contribution is 2.35. The maximum Gasteiger partial charge on any atom is 0.342 e. The minimum Gasteiger partial charge on any atom is -0.496 e. The lowest BCUT2D eigenvalue weighted by Gasteiger charge is -2.16. The Hall–Kier alpha value is -3.00. The number of nitrogens with zero attached hydrogens (tertiary/aromatic N) is 1. The van der Waals surface area contributed by atoms with E-state index in [1.807, 2.05) is 0 Å². The summed E-state index contributed by atoms with van der Waals surface area (Å²) in [6.45, 7) is 1.44. The maximum atomic E-state index is 12.5. The number of methoxy groups -OCH3 is 3. The fourth-order valence-electron chi connectivity index (χ4n) is 2.14. The predicted molar refractivity (Wildman–Crippen MR) is 98.9 cm³/mol. The lowest BCUT2D eigenvalue weighted by Crippen LogP contribution is -2.30. The van der Waals surface area contributed by atoms with Gasteiger partial charge in [0, 0.05) is 18.3 Å². The molecular formula is C18H19ClN2O6. The van der Waals surface area contributed by atoms with Gasteiger partial charge in [-0.15, -0.1) is 0 Å². The van der Waals surface area contributed by atoms with Crippen molar-refractivity contribution in [2.75, 3.05) is 26.6 Å². The summed E-state index contributed by atoms with van der Waals surface area (Å²) in [4.78, 5) is 28.6. The number of ether oxygens (including phenoxy) is 4. The van der Waals surface area contributed by atoms with Crippen LogP contribution in [-0.2, 0) is 9.53 Å². The third kappa shape index (κ3) is 5.01. The van der Waals surface area contributed by atoms with Crippen LogP contribution in [-0.4, -0.2) is 44.3 Å². The number of hydrogen-bond acceptors (Lipinski definition) is 7. The third-order valence-electron chi connectivity index (χ3n) is 3.56. The number of esters is 1. The average Bonchev–Trinajstić information content (AvgIpc) is 2.68. The summed E-state index contributed by atoms with van der Waals surface area (Å²) in [5.41, 5.74) is 0.0967. The molecule has 1 N–H and O–H groups in total. The van der Waals surface area contributed by atoms with E-state index in [1.54, 1.807) is 6.07 Å². The van der Waals surface area contributed by atoms with Gasteiger partial charge in [-0.25, -0.2) is 9.78 Å². The fraction of sp³-hybridized carbons (Fsp3) is 0.278. The van der Waals surface area contributed by atoms with Crippen LogP contribution in [0.3, 0.4) is 0 Å². The molecule has 1 heterocycles. The van der Waals surface area contributed by atoms with Crippen LogP contribution in [0.1, 0.15) is 17.3 Å². The second-order valence-corrected chi connectivity index (χ2v) is 5.74. The number of carbonyl (C=O) groups excluding carboxylic acids is 2. The molecule has 0 aliphatic carbocycles. The monoisotopic (exact) mass is 394 g/mol. The highest BCUT2D eigenvalue weighted by molar-refractivity contribution is 6.30. The van der Waals surface area contributed by atoms with E-state index in [0.29, 0.717) is 16.5 Å². The van der Waals surface area contributed by atoms with E-state index in [-0.39, 0.29) is 17.1 Å². The van der Waals surface area contributed by atoms with Gasteiger partial charge in [-0.3, -0.25) is 4.79 Å². The first-order valence-corrected chi connectivity index (χ1v) is 8.20. The normalized spacial score (nSPS) is 11.3. The van der Waals surface area contributed by atoms with Gasteiger partial charge < -0.3 is 24.3 Å². The van der Waals surface area contributed by atoms with E-state index in [0.717, 1.165) is 0 Å². The molecule has 0 spiro atoms. The van der Waals surface area contributed by atoms with Crippen LogP contribution in [0.4, 0.5) is 5.82 Å². The van der Waals surface area contributed by atoms with Crippen LogP contribution in [0.25, 0.3) is 0 Å². The van der Waals surface area contributed by atoms with Crippen molar-refractivity contribution in [3.05, 3.63) is 41.0 Å². The summed E-state index contributed by atoms with van der Waals surface area (Å²) in [6, 6.07) is 6.03. The molecule has 8 nitrogen and oxygen atoms in total. The van der Waals surface area contributed by atoms with E-state index >= 15 is 0 Å². The number of halogens is 1. The van der Waals surface area contributed by atoms with Crippen molar-refractivity contribution in [1.82, 2.24) is 4.98 Å². The van der Waals surface area contributed by atoms with Gasteiger partial charge in [0.25, 0.3) is 5.91 Å². The predicted octanol–water partition coefficient (Wildman–Crippen LogP) is 2.94. The molecular weight excluding hydrogens is 376 g/mol. The van der Waals surface area contributed by atoms with Crippen molar-refractivity contribution in [3.8, 4) is 17.2 Å². The topological polar surface area (TPSA) is 96.0 Å². The van der Waals surface area contributed by atoms with E-state index in [2.05, 4.69) is 10.3 Å². The molecule has 144 valence electrons. The zero-order valence-electron chi connectivity index (χ0n) is 15.2. The molecule has 1 amide bonds. The van der Waals surface area contributed by atoms with Gasteiger partial charge in [0.1, 0.15) is 17.1 Å². The minimum atomic E-state index is -1.08. The molecule has 2 aromatic rings. The summed E-state index contributed by atoms with van der Waals surface area (Å²) >= 11 is 5.75. The smallest absolute Gasteiger partial charge is 0.342 e. The van der Waals surface area contributed by atoms with Crippen LogP contribution in [0.15, 0.2) is 30.5 Å². The molecule has 0 unspecified atom stereocenters. The second kappa shape index (κ2) is 9.09. The summed E-state index contributed by atoms with van der Waals surface area (Å²) in [5, 5.41) is 2.97. The summed E-state index contributed by atoms with van der Waals surface area (Å²) in [7, 11) is 4.31. The molecule has 1 aromatic heterocycles. The van der Waals surface area contributed by atoms with E-state index < -0.39 is 18.0 Å². The zero-order chi connectivity index (χ0) is 20.0. The van der Waals surface area contributed by atoms with Crippen LogP contribution >= 0.6 is 11.6 Å². The van der Waals surface area contributed by atoms with Crippen LogP contribution < -0.4 is 19.5 Å². The van der Waals surface area contributed by atoms with Crippen LogP contribution in [0.2, 0.25) is 5.02 Å². The summed E-state index contributed by atoms with van der Waals surface area (Å²) in [6.07, 6.45) is 0.315. The Balaban J connectivity index is 2.13. The molecule has 9 heteroatoms. The van der Waals surface area contributed by atoms with Gasteiger partial charge >= 0.3 is 5.97 Å². The molecule has 0 aliphatic heterocycles. The standard InChI is InChI=1S/C18H19ClN2O6/c1-10(17(22)21-16-6-5-11(19)9-20-16)27-18(23)12-7-14(25-3)15(26-4)8-13(12)24-2/h5-10H,1-4H3,(H,20,21,22)/t10-/m1/s1. The van der Waals surface area contributed by atoms with Crippen molar-refractivity contribution in [1.29, 1.82) is 0 Å². The number of amides is 1. The number of anilines is 1. The van der Waals surface area contributed by atoms with Gasteiger partial charge in [-0.2, -0.15) is 0 Å². The third-order valence-corrected chi connectivity index (χ3v) is 3.78. The number of hydrogen-bond donors (Lipinski definition) is 1. The van der Waals surface area contributed by atoms with Gasteiger partial charge in [-0.1, -0.05) is 11.6 Å². The number of rotatable bonds is 7. The Labute approximate surface area is 161 Å². The van der Waals surface area contributed by atoms with Gasteiger partial charge in [0.15, 0.2) is 17.6 Å². The molecule has 0 saturated heterocycles. The highest BCUT2D eigenvalue weighted by Gasteiger charge is 2.24. The zero-order valence-corrected chi connectivity index (χ0v) is 16.0. The number of pyridine rings is 1. The SMILES string of the molecule is COc1cc(OC)c(C(=O)O[C@H](C)C(=O)Nc2ccc(Cl)cn2)cc1OC. The summed E-state index contributed by atoms with van der Waals surface area (Å²) in [5.74, 6) is -0.0593. The molecule has 0 bridgehead atoms. The first kappa shape index (κ1) is 20.3.